The number of hydrogen-bond acceptors (Lipinski definition) is 4. The Morgan fingerprint density at radius 1 is 1.35 bits per heavy atom. The number of aromatic nitrogens is 3. The van der Waals surface area contributed by atoms with Crippen LogP contribution in [0.4, 0.5) is 0 Å². The van der Waals surface area contributed by atoms with Gasteiger partial charge in [-0.3, -0.25) is 4.68 Å². The van der Waals surface area contributed by atoms with Crippen molar-refractivity contribution in [1.82, 2.24) is 20.1 Å². The number of halogens is 1. The minimum atomic E-state index is 0.318. The molecule has 0 spiro atoms. The monoisotopic (exact) mass is 334 g/mol. The van der Waals surface area contributed by atoms with E-state index in [1.807, 2.05) is 20.0 Å². The van der Waals surface area contributed by atoms with Crippen molar-refractivity contribution < 1.29 is 4.74 Å². The van der Waals surface area contributed by atoms with Crippen LogP contribution in [-0.2, 0) is 20.1 Å². The van der Waals surface area contributed by atoms with Crippen molar-refractivity contribution in [3.05, 3.63) is 40.3 Å². The first-order valence-electron chi connectivity index (χ1n) is 8.14. The molecule has 0 radical (unpaired) electrons. The van der Waals surface area contributed by atoms with E-state index in [-0.39, 0.29) is 0 Å². The summed E-state index contributed by atoms with van der Waals surface area (Å²) in [6.07, 6.45) is 6.88. The molecule has 3 rings (SSSR count). The average molecular weight is 335 g/mol. The molecule has 1 aliphatic carbocycles. The van der Waals surface area contributed by atoms with E-state index < -0.39 is 0 Å². The summed E-state index contributed by atoms with van der Waals surface area (Å²) >= 11 is 6.26. The molecule has 0 atom stereocenters. The minimum Gasteiger partial charge on any atom is -0.474 e. The fourth-order valence-electron chi connectivity index (χ4n) is 3.03. The first kappa shape index (κ1) is 16.3. The lowest BCUT2D eigenvalue weighted by Crippen LogP contribution is -2.17. The summed E-state index contributed by atoms with van der Waals surface area (Å²) in [5.74, 6) is 0.751. The van der Waals surface area contributed by atoms with Gasteiger partial charge < -0.3 is 10.1 Å². The second-order valence-electron chi connectivity index (χ2n) is 6.07. The van der Waals surface area contributed by atoms with Gasteiger partial charge in [0.1, 0.15) is 11.3 Å². The molecule has 124 valence electrons. The van der Waals surface area contributed by atoms with E-state index >= 15 is 0 Å². The van der Waals surface area contributed by atoms with Crippen LogP contribution in [0.2, 0.25) is 5.15 Å². The maximum absolute atomic E-state index is 6.26. The summed E-state index contributed by atoms with van der Waals surface area (Å²) in [4.78, 5) is 4.40. The largest absolute Gasteiger partial charge is 0.474 e. The number of pyridine rings is 1. The molecule has 0 unspecified atom stereocenters. The zero-order valence-corrected chi connectivity index (χ0v) is 14.4. The van der Waals surface area contributed by atoms with Crippen LogP contribution in [0.1, 0.15) is 42.5 Å². The molecule has 0 saturated heterocycles. The van der Waals surface area contributed by atoms with Gasteiger partial charge in [-0.2, -0.15) is 5.10 Å². The number of aryl methyl sites for hydroxylation is 2. The van der Waals surface area contributed by atoms with Crippen LogP contribution in [0.5, 0.6) is 5.88 Å². The lowest BCUT2D eigenvalue weighted by Gasteiger charge is -2.15. The van der Waals surface area contributed by atoms with Crippen molar-refractivity contribution in [3.63, 3.8) is 0 Å². The van der Waals surface area contributed by atoms with Crippen LogP contribution in [0, 0.1) is 6.92 Å². The molecular weight excluding hydrogens is 312 g/mol. The predicted molar refractivity (Wildman–Crippen MR) is 90.6 cm³/mol. The van der Waals surface area contributed by atoms with E-state index in [1.54, 1.807) is 10.9 Å². The van der Waals surface area contributed by atoms with Crippen LogP contribution < -0.4 is 10.1 Å². The van der Waals surface area contributed by atoms with E-state index in [2.05, 4.69) is 21.5 Å². The van der Waals surface area contributed by atoms with Crippen molar-refractivity contribution >= 4 is 11.6 Å². The van der Waals surface area contributed by atoms with Gasteiger partial charge in [-0.25, -0.2) is 4.98 Å². The topological polar surface area (TPSA) is 52.0 Å². The lowest BCUT2D eigenvalue weighted by molar-refractivity contribution is 0.199. The highest BCUT2D eigenvalue weighted by Gasteiger charge is 2.18. The van der Waals surface area contributed by atoms with Gasteiger partial charge in [0, 0.05) is 37.5 Å². The van der Waals surface area contributed by atoms with Gasteiger partial charge >= 0.3 is 0 Å². The third kappa shape index (κ3) is 3.85. The van der Waals surface area contributed by atoms with Crippen molar-refractivity contribution in [2.45, 2.75) is 51.8 Å². The van der Waals surface area contributed by atoms with Crippen LogP contribution in [0.3, 0.4) is 0 Å². The smallest absolute Gasteiger partial charge is 0.218 e. The third-order valence-electron chi connectivity index (χ3n) is 4.32. The Morgan fingerprint density at radius 3 is 2.83 bits per heavy atom. The second-order valence-corrected chi connectivity index (χ2v) is 6.43. The summed E-state index contributed by atoms with van der Waals surface area (Å²) in [7, 11) is 1.85. The molecule has 23 heavy (non-hydrogen) atoms. The van der Waals surface area contributed by atoms with Gasteiger partial charge in [0.15, 0.2) is 0 Å². The number of ether oxygens (including phenoxy) is 1. The van der Waals surface area contributed by atoms with Crippen LogP contribution in [-0.4, -0.2) is 20.9 Å². The summed E-state index contributed by atoms with van der Waals surface area (Å²) in [6, 6.07) is 4.00. The Morgan fingerprint density at radius 2 is 2.13 bits per heavy atom. The van der Waals surface area contributed by atoms with Crippen molar-refractivity contribution in [3.8, 4) is 5.88 Å². The normalized spacial score (nSPS) is 15.3. The Balaban J connectivity index is 1.61. The molecule has 2 aromatic heterocycles. The van der Waals surface area contributed by atoms with E-state index in [0.29, 0.717) is 24.3 Å². The summed E-state index contributed by atoms with van der Waals surface area (Å²) < 4.78 is 7.77. The standard InChI is InChI=1S/C17H23ClN4O/c1-12-15(16(18)22(2)21-12)11-19-10-13-6-5-9-20-17(13)23-14-7-3-4-8-14/h5-6,9,14,19H,3-4,7-8,10-11H2,1-2H3. The summed E-state index contributed by atoms with van der Waals surface area (Å²) in [5.41, 5.74) is 3.08. The van der Waals surface area contributed by atoms with Gasteiger partial charge in [0.05, 0.1) is 5.69 Å². The quantitative estimate of drug-likeness (QED) is 0.879. The maximum atomic E-state index is 6.26. The number of hydrogen-bond donors (Lipinski definition) is 1. The fourth-order valence-corrected chi connectivity index (χ4v) is 3.27. The zero-order chi connectivity index (χ0) is 16.2. The number of nitrogens with one attached hydrogen (secondary N) is 1. The zero-order valence-electron chi connectivity index (χ0n) is 13.7. The van der Waals surface area contributed by atoms with Crippen molar-refractivity contribution in [2.75, 3.05) is 0 Å². The van der Waals surface area contributed by atoms with Gasteiger partial charge in [-0.15, -0.1) is 0 Å². The first-order chi connectivity index (χ1) is 11.1. The third-order valence-corrected chi connectivity index (χ3v) is 4.79. The van der Waals surface area contributed by atoms with Crippen LogP contribution >= 0.6 is 11.6 Å². The van der Waals surface area contributed by atoms with E-state index in [9.17, 15) is 0 Å². The van der Waals surface area contributed by atoms with Crippen LogP contribution in [0.15, 0.2) is 18.3 Å². The highest BCUT2D eigenvalue weighted by atomic mass is 35.5. The van der Waals surface area contributed by atoms with E-state index in [1.165, 1.54) is 12.8 Å². The molecule has 1 N–H and O–H groups in total. The van der Waals surface area contributed by atoms with Gasteiger partial charge in [0.25, 0.3) is 0 Å². The fraction of sp³-hybridized carbons (Fsp3) is 0.529. The average Bonchev–Trinajstić information content (AvgIpc) is 3.12. The summed E-state index contributed by atoms with van der Waals surface area (Å²) in [5, 5.41) is 8.43. The lowest BCUT2D eigenvalue weighted by atomic mass is 10.2. The predicted octanol–water partition coefficient (Wildman–Crippen LogP) is 3.39. The number of rotatable bonds is 6. The Hall–Kier alpha value is -1.59. The molecule has 5 nitrogen and oxygen atoms in total. The van der Waals surface area contributed by atoms with E-state index in [4.69, 9.17) is 16.3 Å². The molecule has 0 aliphatic heterocycles. The maximum Gasteiger partial charge on any atom is 0.218 e. The molecule has 0 aromatic carbocycles. The second kappa shape index (κ2) is 7.32. The SMILES string of the molecule is Cc1nn(C)c(Cl)c1CNCc1cccnc1OC1CCCC1. The molecule has 2 heterocycles. The number of nitrogens with zero attached hydrogens (tertiary/aromatic N) is 3. The Bertz CT molecular complexity index is 665. The van der Waals surface area contributed by atoms with Gasteiger partial charge in [-0.05, 0) is 38.7 Å². The van der Waals surface area contributed by atoms with Gasteiger partial charge in [0.2, 0.25) is 5.88 Å². The molecule has 1 saturated carbocycles. The highest BCUT2D eigenvalue weighted by Crippen LogP contribution is 2.25. The first-order valence-corrected chi connectivity index (χ1v) is 8.52. The van der Waals surface area contributed by atoms with Gasteiger partial charge in [-0.1, -0.05) is 17.7 Å². The molecule has 2 aromatic rings. The molecule has 1 aliphatic rings. The highest BCUT2D eigenvalue weighted by molar-refractivity contribution is 6.30. The summed E-state index contributed by atoms with van der Waals surface area (Å²) in [6.45, 7) is 3.35. The molecule has 0 bridgehead atoms. The van der Waals surface area contributed by atoms with Crippen molar-refractivity contribution in [2.24, 2.45) is 7.05 Å². The Labute approximate surface area is 142 Å². The molecule has 0 amide bonds. The molecular formula is C17H23ClN4O. The van der Waals surface area contributed by atoms with Crippen LogP contribution in [0.25, 0.3) is 0 Å². The Kier molecular flexibility index (Phi) is 5.18. The molecule has 6 heteroatoms. The van der Waals surface area contributed by atoms with E-state index in [0.717, 1.165) is 35.5 Å². The molecule has 1 fully saturated rings. The minimum absolute atomic E-state index is 0.318. The van der Waals surface area contributed by atoms with Crippen molar-refractivity contribution in [1.29, 1.82) is 0 Å².